The fraction of sp³-hybridized carbons (Fsp3) is 0.559. The number of nitrogens with zero attached hydrogens (tertiary/aromatic N) is 5. The molecule has 16 heteroatoms. The number of carbonyl (C=O) groups is 6. The van der Waals surface area contributed by atoms with Crippen molar-refractivity contribution in [3.05, 3.63) is 35.3 Å². The number of carboxylic acids is 1. The van der Waals surface area contributed by atoms with Crippen molar-refractivity contribution in [2.45, 2.75) is 64.5 Å². The lowest BCUT2D eigenvalue weighted by molar-refractivity contribution is -0.144. The van der Waals surface area contributed by atoms with Crippen molar-refractivity contribution >= 4 is 46.6 Å². The number of pyridine rings is 1. The van der Waals surface area contributed by atoms with E-state index in [1.807, 2.05) is 0 Å². The standard InChI is InChI=1S/C34H43FN6O9/c1-3-49-34(48)40-15-13-39(14-16-40)32(46)24(8-9-30(43)44)37-31(45)26-19-28(22-18-23(35)21(2)17-25(22)36-26)50-20-29(42)41-12-6-7-27(41)33(47)38-10-4-5-11-38/h17-19,24,27H,3-16,20H2,1-2H3,(H,37,45)(H,43,44)/t24-,27-/m0/s1. The quantitative estimate of drug-likeness (QED) is 0.352. The maximum absolute atomic E-state index is 14.7. The van der Waals surface area contributed by atoms with Crippen LogP contribution >= 0.6 is 0 Å². The molecule has 4 heterocycles. The van der Waals surface area contributed by atoms with Gasteiger partial charge in [-0.05, 0) is 63.6 Å². The lowest BCUT2D eigenvalue weighted by Crippen LogP contribution is -2.56. The van der Waals surface area contributed by atoms with Crippen LogP contribution in [-0.2, 0) is 23.9 Å². The van der Waals surface area contributed by atoms with E-state index in [0.29, 0.717) is 32.5 Å². The van der Waals surface area contributed by atoms with Gasteiger partial charge in [0.05, 0.1) is 12.1 Å². The maximum Gasteiger partial charge on any atom is 0.409 e. The van der Waals surface area contributed by atoms with Crippen molar-refractivity contribution in [2.75, 3.05) is 59.0 Å². The average Bonchev–Trinajstić information content (AvgIpc) is 3.82. The molecule has 3 saturated heterocycles. The number of carboxylic acid groups (broad SMARTS) is 1. The number of aryl methyl sites for hydroxylation is 1. The summed E-state index contributed by atoms with van der Waals surface area (Å²) in [6, 6.07) is 2.06. The Bertz CT molecular complexity index is 1640. The van der Waals surface area contributed by atoms with Crippen molar-refractivity contribution in [2.24, 2.45) is 0 Å². The van der Waals surface area contributed by atoms with Gasteiger partial charge in [-0.2, -0.15) is 0 Å². The molecule has 0 aliphatic carbocycles. The highest BCUT2D eigenvalue weighted by Gasteiger charge is 2.37. The summed E-state index contributed by atoms with van der Waals surface area (Å²) in [5, 5.41) is 12.1. The van der Waals surface area contributed by atoms with E-state index >= 15 is 0 Å². The number of aromatic nitrogens is 1. The van der Waals surface area contributed by atoms with Crippen LogP contribution in [0.1, 0.15) is 61.5 Å². The molecule has 3 aliphatic heterocycles. The van der Waals surface area contributed by atoms with Gasteiger partial charge in [0.2, 0.25) is 11.8 Å². The second-order valence-electron chi connectivity index (χ2n) is 12.7. The number of hydrogen-bond acceptors (Lipinski definition) is 9. The number of fused-ring (bicyclic) bond motifs is 1. The predicted octanol–water partition coefficient (Wildman–Crippen LogP) is 1.94. The Morgan fingerprint density at radius 2 is 1.66 bits per heavy atom. The number of carbonyl (C=O) groups excluding carboxylic acids is 5. The summed E-state index contributed by atoms with van der Waals surface area (Å²) in [4.78, 5) is 87.7. The number of rotatable bonds is 11. The van der Waals surface area contributed by atoms with Crippen LogP contribution in [0.2, 0.25) is 0 Å². The van der Waals surface area contributed by atoms with E-state index in [9.17, 15) is 38.3 Å². The van der Waals surface area contributed by atoms with Gasteiger partial charge in [0.25, 0.3) is 11.8 Å². The van der Waals surface area contributed by atoms with Gasteiger partial charge in [0.1, 0.15) is 29.3 Å². The molecular weight excluding hydrogens is 655 g/mol. The van der Waals surface area contributed by atoms with Crippen LogP contribution in [0.4, 0.5) is 9.18 Å². The second-order valence-corrected chi connectivity index (χ2v) is 12.7. The number of ether oxygens (including phenoxy) is 2. The van der Waals surface area contributed by atoms with Crippen LogP contribution in [0, 0.1) is 12.7 Å². The van der Waals surface area contributed by atoms with E-state index in [2.05, 4.69) is 10.3 Å². The first-order valence-corrected chi connectivity index (χ1v) is 17.0. The molecule has 1 aromatic carbocycles. The zero-order chi connectivity index (χ0) is 35.9. The van der Waals surface area contributed by atoms with Crippen molar-refractivity contribution in [3.8, 4) is 5.75 Å². The van der Waals surface area contributed by atoms with Gasteiger partial charge in [0.15, 0.2) is 6.61 Å². The van der Waals surface area contributed by atoms with E-state index < -0.39 is 60.7 Å². The fourth-order valence-corrected chi connectivity index (χ4v) is 6.55. The lowest BCUT2D eigenvalue weighted by Gasteiger charge is -2.35. The smallest absolute Gasteiger partial charge is 0.409 e. The molecule has 15 nitrogen and oxygen atoms in total. The zero-order valence-corrected chi connectivity index (χ0v) is 28.3. The van der Waals surface area contributed by atoms with Crippen molar-refractivity contribution < 1.29 is 47.7 Å². The Morgan fingerprint density at radius 1 is 0.960 bits per heavy atom. The van der Waals surface area contributed by atoms with Gasteiger partial charge < -0.3 is 39.5 Å². The Hall–Kier alpha value is -5.02. The lowest BCUT2D eigenvalue weighted by atomic mass is 10.1. The number of benzene rings is 1. The normalized spacial score (nSPS) is 18.3. The fourth-order valence-electron chi connectivity index (χ4n) is 6.55. The molecule has 2 N–H and O–H groups in total. The third kappa shape index (κ3) is 8.40. The molecule has 5 rings (SSSR count). The topological polar surface area (TPSA) is 179 Å². The molecule has 5 amide bonds. The molecule has 0 radical (unpaired) electrons. The van der Waals surface area contributed by atoms with E-state index in [1.165, 1.54) is 39.8 Å². The molecule has 0 unspecified atom stereocenters. The minimum atomic E-state index is -1.23. The van der Waals surface area contributed by atoms with E-state index in [4.69, 9.17) is 9.47 Å². The number of piperazine rings is 1. The average molecular weight is 699 g/mol. The highest BCUT2D eigenvalue weighted by Crippen LogP contribution is 2.29. The van der Waals surface area contributed by atoms with Gasteiger partial charge in [-0.25, -0.2) is 14.2 Å². The highest BCUT2D eigenvalue weighted by atomic mass is 19.1. The van der Waals surface area contributed by atoms with Crippen LogP contribution in [0.15, 0.2) is 18.2 Å². The Labute approximate surface area is 288 Å². The summed E-state index contributed by atoms with van der Waals surface area (Å²) < 4.78 is 25.6. The van der Waals surface area contributed by atoms with Crippen LogP contribution in [-0.4, -0.2) is 136 Å². The molecule has 0 saturated carbocycles. The Morgan fingerprint density at radius 3 is 2.34 bits per heavy atom. The summed E-state index contributed by atoms with van der Waals surface area (Å²) in [6.45, 7) is 5.41. The predicted molar refractivity (Wildman–Crippen MR) is 176 cm³/mol. The number of amides is 5. The molecule has 270 valence electrons. The minimum Gasteiger partial charge on any atom is -0.483 e. The van der Waals surface area contributed by atoms with E-state index in [0.717, 1.165) is 12.8 Å². The summed E-state index contributed by atoms with van der Waals surface area (Å²) in [5.74, 6) is -3.54. The summed E-state index contributed by atoms with van der Waals surface area (Å²) in [5.41, 5.74) is 0.252. The number of halogens is 1. The molecule has 50 heavy (non-hydrogen) atoms. The van der Waals surface area contributed by atoms with Gasteiger partial charge in [-0.3, -0.25) is 24.0 Å². The van der Waals surface area contributed by atoms with Crippen molar-refractivity contribution in [1.82, 2.24) is 29.9 Å². The van der Waals surface area contributed by atoms with Gasteiger partial charge in [-0.1, -0.05) is 0 Å². The van der Waals surface area contributed by atoms with Gasteiger partial charge in [0, 0.05) is 63.7 Å². The molecule has 1 aromatic heterocycles. The SMILES string of the molecule is CCOC(=O)N1CCN(C(=O)[C@H](CCC(=O)O)NC(=O)c2cc(OCC(=O)N3CCC[C@H]3C(=O)N3CCCC3)c3cc(F)c(C)cc3n2)CC1. The Balaban J connectivity index is 1.33. The molecule has 3 fully saturated rings. The largest absolute Gasteiger partial charge is 0.483 e. The number of hydrogen-bond donors (Lipinski definition) is 2. The molecule has 2 aromatic rings. The van der Waals surface area contributed by atoms with Crippen molar-refractivity contribution in [1.29, 1.82) is 0 Å². The first-order chi connectivity index (χ1) is 24.0. The molecule has 0 bridgehead atoms. The molecular formula is C34H43FN6O9. The third-order valence-corrected chi connectivity index (χ3v) is 9.28. The van der Waals surface area contributed by atoms with Crippen LogP contribution in [0.3, 0.4) is 0 Å². The van der Waals surface area contributed by atoms with Gasteiger partial charge in [-0.15, -0.1) is 0 Å². The van der Waals surface area contributed by atoms with Crippen LogP contribution in [0.5, 0.6) is 5.75 Å². The Kier molecular flexibility index (Phi) is 11.7. The van der Waals surface area contributed by atoms with Crippen LogP contribution < -0.4 is 10.1 Å². The van der Waals surface area contributed by atoms with Crippen molar-refractivity contribution in [3.63, 3.8) is 0 Å². The maximum atomic E-state index is 14.7. The second kappa shape index (κ2) is 16.1. The summed E-state index contributed by atoms with van der Waals surface area (Å²) in [7, 11) is 0. The molecule has 0 spiro atoms. The first-order valence-electron chi connectivity index (χ1n) is 17.0. The molecule has 2 atom stereocenters. The summed E-state index contributed by atoms with van der Waals surface area (Å²) in [6.07, 6.45) is 1.97. The monoisotopic (exact) mass is 698 g/mol. The minimum absolute atomic E-state index is 0.00230. The molecule has 3 aliphatic rings. The summed E-state index contributed by atoms with van der Waals surface area (Å²) >= 11 is 0. The van der Waals surface area contributed by atoms with E-state index in [-0.39, 0.29) is 73.0 Å². The first kappa shape index (κ1) is 36.3. The number of nitrogens with one attached hydrogen (secondary N) is 1. The van der Waals surface area contributed by atoms with E-state index in [1.54, 1.807) is 11.8 Å². The zero-order valence-electron chi connectivity index (χ0n) is 28.3. The van der Waals surface area contributed by atoms with Crippen LogP contribution in [0.25, 0.3) is 10.9 Å². The highest BCUT2D eigenvalue weighted by molar-refractivity contribution is 5.99. The third-order valence-electron chi connectivity index (χ3n) is 9.28. The number of likely N-dealkylation sites (tertiary alicyclic amines) is 2. The van der Waals surface area contributed by atoms with Gasteiger partial charge >= 0.3 is 12.1 Å². The number of aliphatic carboxylic acids is 1.